The summed E-state index contributed by atoms with van der Waals surface area (Å²) in [5.74, 6) is -1.91. The maximum absolute atomic E-state index is 12.2. The first-order valence-corrected chi connectivity index (χ1v) is 8.58. The monoisotopic (exact) mass is 375 g/mol. The zero-order valence-electron chi connectivity index (χ0n) is 13.9. The molecule has 1 aromatic heterocycles. The molecule has 26 heavy (non-hydrogen) atoms. The molecule has 0 aliphatic carbocycles. The van der Waals surface area contributed by atoms with E-state index < -0.39 is 24.5 Å². The summed E-state index contributed by atoms with van der Waals surface area (Å²) in [6, 6.07) is 9.01. The SMILES string of the molecule is CCNC(=O)NC(=O)COC(=O)c1ccccc1NC(=O)c1cccs1. The van der Waals surface area contributed by atoms with Gasteiger partial charge in [-0.25, -0.2) is 9.59 Å². The highest BCUT2D eigenvalue weighted by Crippen LogP contribution is 2.18. The summed E-state index contributed by atoms with van der Waals surface area (Å²) in [5, 5.41) is 8.80. The van der Waals surface area contributed by atoms with Crippen molar-refractivity contribution in [3.05, 3.63) is 52.2 Å². The maximum Gasteiger partial charge on any atom is 0.340 e. The van der Waals surface area contributed by atoms with Gasteiger partial charge < -0.3 is 15.4 Å². The van der Waals surface area contributed by atoms with Gasteiger partial charge in [-0.05, 0) is 30.5 Å². The molecular formula is C17H17N3O5S. The maximum atomic E-state index is 12.2. The summed E-state index contributed by atoms with van der Waals surface area (Å²) in [5.41, 5.74) is 0.364. The van der Waals surface area contributed by atoms with Gasteiger partial charge in [-0.15, -0.1) is 11.3 Å². The van der Waals surface area contributed by atoms with E-state index >= 15 is 0 Å². The van der Waals surface area contributed by atoms with Crippen molar-refractivity contribution in [1.82, 2.24) is 10.6 Å². The molecule has 0 saturated heterocycles. The Labute approximate surface area is 153 Å². The molecule has 0 saturated carbocycles. The third kappa shape index (κ3) is 5.42. The smallest absolute Gasteiger partial charge is 0.340 e. The highest BCUT2D eigenvalue weighted by atomic mass is 32.1. The average Bonchev–Trinajstić information content (AvgIpc) is 3.15. The number of para-hydroxylation sites is 1. The predicted octanol–water partition coefficient (Wildman–Crippen LogP) is 2.00. The summed E-state index contributed by atoms with van der Waals surface area (Å²) in [7, 11) is 0. The molecule has 0 fully saturated rings. The Morgan fingerprint density at radius 2 is 1.85 bits per heavy atom. The van der Waals surface area contributed by atoms with Crippen LogP contribution in [0, 0.1) is 0 Å². The number of imide groups is 1. The van der Waals surface area contributed by atoms with E-state index in [4.69, 9.17) is 4.74 Å². The lowest BCUT2D eigenvalue weighted by Crippen LogP contribution is -2.41. The van der Waals surface area contributed by atoms with Crippen LogP contribution in [0.5, 0.6) is 0 Å². The minimum absolute atomic E-state index is 0.100. The lowest BCUT2D eigenvalue weighted by molar-refractivity contribution is -0.123. The average molecular weight is 375 g/mol. The van der Waals surface area contributed by atoms with Crippen molar-refractivity contribution in [3.63, 3.8) is 0 Å². The minimum Gasteiger partial charge on any atom is -0.452 e. The van der Waals surface area contributed by atoms with Gasteiger partial charge in [0.1, 0.15) is 0 Å². The van der Waals surface area contributed by atoms with Crippen LogP contribution in [0.1, 0.15) is 27.0 Å². The van der Waals surface area contributed by atoms with Crippen LogP contribution in [0.3, 0.4) is 0 Å². The number of anilines is 1. The summed E-state index contributed by atoms with van der Waals surface area (Å²) in [6.07, 6.45) is 0. The standard InChI is InChI=1S/C17H17N3O5S/c1-2-18-17(24)20-14(21)10-25-16(23)11-6-3-4-7-12(11)19-15(22)13-8-5-9-26-13/h3-9H,2,10H2,1H3,(H,19,22)(H2,18,20,21,24). The number of amides is 4. The Morgan fingerprint density at radius 3 is 2.54 bits per heavy atom. The summed E-state index contributed by atoms with van der Waals surface area (Å²) in [6.45, 7) is 1.44. The summed E-state index contributed by atoms with van der Waals surface area (Å²) < 4.78 is 4.90. The number of carbonyl (C=O) groups is 4. The minimum atomic E-state index is -0.793. The van der Waals surface area contributed by atoms with Gasteiger partial charge in [0, 0.05) is 6.54 Å². The molecule has 8 nitrogen and oxygen atoms in total. The van der Waals surface area contributed by atoms with E-state index in [9.17, 15) is 19.2 Å². The van der Waals surface area contributed by atoms with Crippen LogP contribution in [0.4, 0.5) is 10.5 Å². The van der Waals surface area contributed by atoms with Gasteiger partial charge in [-0.2, -0.15) is 0 Å². The van der Waals surface area contributed by atoms with Crippen LogP contribution in [0.15, 0.2) is 41.8 Å². The molecule has 2 rings (SSSR count). The number of rotatable bonds is 6. The first-order valence-electron chi connectivity index (χ1n) is 7.70. The zero-order chi connectivity index (χ0) is 18.9. The Bertz CT molecular complexity index is 804. The molecule has 0 radical (unpaired) electrons. The molecule has 4 amide bonds. The Kier molecular flexibility index (Phi) is 6.86. The van der Waals surface area contributed by atoms with Crippen molar-refractivity contribution in [2.75, 3.05) is 18.5 Å². The first-order chi connectivity index (χ1) is 12.5. The lowest BCUT2D eigenvalue weighted by Gasteiger charge is -2.10. The molecule has 0 atom stereocenters. The van der Waals surface area contributed by atoms with E-state index in [1.807, 2.05) is 5.32 Å². The second-order valence-corrected chi connectivity index (χ2v) is 5.91. The van der Waals surface area contributed by atoms with Gasteiger partial charge in [0.15, 0.2) is 6.61 Å². The molecule has 1 aromatic carbocycles. The molecular weight excluding hydrogens is 358 g/mol. The van der Waals surface area contributed by atoms with Crippen LogP contribution in [0.25, 0.3) is 0 Å². The molecule has 0 aliphatic heterocycles. The number of nitrogens with one attached hydrogen (secondary N) is 3. The van der Waals surface area contributed by atoms with Gasteiger partial charge in [-0.1, -0.05) is 18.2 Å². The number of benzene rings is 1. The van der Waals surface area contributed by atoms with Gasteiger partial charge >= 0.3 is 12.0 Å². The van der Waals surface area contributed by atoms with E-state index in [0.717, 1.165) is 0 Å². The third-order valence-electron chi connectivity index (χ3n) is 3.06. The van der Waals surface area contributed by atoms with E-state index in [-0.39, 0.29) is 17.2 Å². The number of esters is 1. The Balaban J connectivity index is 1.97. The number of carbonyl (C=O) groups excluding carboxylic acids is 4. The van der Waals surface area contributed by atoms with Gasteiger partial charge in [0.25, 0.3) is 11.8 Å². The second kappa shape index (κ2) is 9.33. The molecule has 0 bridgehead atoms. The van der Waals surface area contributed by atoms with E-state index in [2.05, 4.69) is 10.6 Å². The Hall–Kier alpha value is -3.20. The first kappa shape index (κ1) is 19.1. The lowest BCUT2D eigenvalue weighted by atomic mass is 10.2. The van der Waals surface area contributed by atoms with Crippen molar-refractivity contribution in [3.8, 4) is 0 Å². The van der Waals surface area contributed by atoms with E-state index in [1.165, 1.54) is 17.4 Å². The molecule has 3 N–H and O–H groups in total. The number of hydrogen-bond donors (Lipinski definition) is 3. The fourth-order valence-corrected chi connectivity index (χ4v) is 2.56. The zero-order valence-corrected chi connectivity index (χ0v) is 14.7. The van der Waals surface area contributed by atoms with Gasteiger partial charge in [-0.3, -0.25) is 14.9 Å². The highest BCUT2D eigenvalue weighted by Gasteiger charge is 2.17. The molecule has 136 valence electrons. The number of hydrogen-bond acceptors (Lipinski definition) is 6. The topological polar surface area (TPSA) is 114 Å². The molecule has 0 aliphatic rings. The molecule has 0 spiro atoms. The van der Waals surface area contributed by atoms with Crippen molar-refractivity contribution in [1.29, 1.82) is 0 Å². The van der Waals surface area contributed by atoms with Crippen LogP contribution in [-0.4, -0.2) is 37.0 Å². The number of urea groups is 1. The number of ether oxygens (including phenoxy) is 1. The van der Waals surface area contributed by atoms with Gasteiger partial charge in [0.05, 0.1) is 16.1 Å². The van der Waals surface area contributed by atoms with E-state index in [0.29, 0.717) is 11.4 Å². The third-order valence-corrected chi connectivity index (χ3v) is 3.93. The molecule has 1 heterocycles. The summed E-state index contributed by atoms with van der Waals surface area (Å²) in [4.78, 5) is 47.6. The highest BCUT2D eigenvalue weighted by molar-refractivity contribution is 7.12. The van der Waals surface area contributed by atoms with Crippen LogP contribution in [0.2, 0.25) is 0 Å². The molecule has 0 unspecified atom stereocenters. The van der Waals surface area contributed by atoms with Crippen molar-refractivity contribution < 1.29 is 23.9 Å². The summed E-state index contributed by atoms with van der Waals surface area (Å²) >= 11 is 1.27. The second-order valence-electron chi connectivity index (χ2n) is 4.96. The number of thiophene rings is 1. The molecule has 9 heteroatoms. The fraction of sp³-hybridized carbons (Fsp3) is 0.176. The van der Waals surface area contributed by atoms with Crippen molar-refractivity contribution >= 4 is 40.8 Å². The normalized spacial score (nSPS) is 9.88. The predicted molar refractivity (Wildman–Crippen MR) is 96.2 cm³/mol. The molecule has 2 aromatic rings. The largest absolute Gasteiger partial charge is 0.452 e. The van der Waals surface area contributed by atoms with Crippen LogP contribution < -0.4 is 16.0 Å². The fourth-order valence-electron chi connectivity index (χ4n) is 1.94. The van der Waals surface area contributed by atoms with Crippen LogP contribution in [-0.2, 0) is 9.53 Å². The Morgan fingerprint density at radius 1 is 1.08 bits per heavy atom. The van der Waals surface area contributed by atoms with E-state index in [1.54, 1.807) is 42.6 Å². The van der Waals surface area contributed by atoms with Gasteiger partial charge in [0.2, 0.25) is 0 Å². The van der Waals surface area contributed by atoms with Crippen LogP contribution >= 0.6 is 11.3 Å². The quantitative estimate of drug-likeness (QED) is 0.668. The van der Waals surface area contributed by atoms with Crippen molar-refractivity contribution in [2.24, 2.45) is 0 Å². The van der Waals surface area contributed by atoms with Crippen molar-refractivity contribution in [2.45, 2.75) is 6.92 Å².